The molecular formula is C27H35N9O5. The van der Waals surface area contributed by atoms with Crippen LogP contribution >= 0.6 is 0 Å². The van der Waals surface area contributed by atoms with Gasteiger partial charge in [0.2, 0.25) is 5.95 Å². The molecule has 218 valence electrons. The van der Waals surface area contributed by atoms with Gasteiger partial charge >= 0.3 is 11.8 Å². The summed E-state index contributed by atoms with van der Waals surface area (Å²) in [5, 5.41) is 14.1. The van der Waals surface area contributed by atoms with Crippen molar-refractivity contribution in [2.24, 2.45) is 5.73 Å². The van der Waals surface area contributed by atoms with Gasteiger partial charge in [0.25, 0.3) is 11.8 Å². The lowest BCUT2D eigenvalue weighted by Gasteiger charge is -2.33. The molecule has 5 rings (SSSR count). The number of nitrogens with one attached hydrogen (secondary N) is 2. The average Bonchev–Trinajstić information content (AvgIpc) is 3.01. The smallest absolute Gasteiger partial charge is 0.311 e. The fourth-order valence-electron chi connectivity index (χ4n) is 5.25. The molecule has 4 amide bonds. The van der Waals surface area contributed by atoms with E-state index in [4.69, 9.17) is 10.5 Å². The molecule has 1 atom stereocenters. The SMILES string of the molecule is NC(=O)c1nnc(N2CCCC(NC(=O)C(=O)N3CCCCC3)C2)nc1Nc1ccc(C(=O)N2CCOCC2)cc1. The van der Waals surface area contributed by atoms with Crippen LogP contribution in [0.3, 0.4) is 0 Å². The Hall–Kier alpha value is -4.33. The number of piperidine rings is 2. The number of ether oxygens (including phenoxy) is 1. The summed E-state index contributed by atoms with van der Waals surface area (Å²) in [4.78, 5) is 59.8. The van der Waals surface area contributed by atoms with Gasteiger partial charge in [-0.05, 0) is 56.4 Å². The first-order chi connectivity index (χ1) is 19.9. The number of hydrogen-bond donors (Lipinski definition) is 3. The van der Waals surface area contributed by atoms with Crippen LogP contribution in [0.5, 0.6) is 0 Å². The number of anilines is 3. The molecule has 0 radical (unpaired) electrons. The van der Waals surface area contributed by atoms with Crippen LogP contribution < -0.4 is 21.3 Å². The summed E-state index contributed by atoms with van der Waals surface area (Å²) in [7, 11) is 0. The quantitative estimate of drug-likeness (QED) is 0.413. The van der Waals surface area contributed by atoms with Gasteiger partial charge in [0.05, 0.1) is 13.2 Å². The number of amides is 4. The van der Waals surface area contributed by atoms with E-state index in [9.17, 15) is 19.2 Å². The van der Waals surface area contributed by atoms with E-state index in [1.54, 1.807) is 34.1 Å². The van der Waals surface area contributed by atoms with Crippen LogP contribution in [0.25, 0.3) is 0 Å². The van der Waals surface area contributed by atoms with E-state index in [0.29, 0.717) is 70.2 Å². The van der Waals surface area contributed by atoms with Crippen molar-refractivity contribution < 1.29 is 23.9 Å². The fourth-order valence-corrected chi connectivity index (χ4v) is 5.25. The number of nitrogens with zero attached hydrogens (tertiary/aromatic N) is 6. The first kappa shape index (κ1) is 28.2. The molecule has 4 heterocycles. The maximum Gasteiger partial charge on any atom is 0.311 e. The molecule has 3 aliphatic rings. The van der Waals surface area contributed by atoms with Crippen LogP contribution in [0.1, 0.15) is 53.0 Å². The van der Waals surface area contributed by atoms with Gasteiger partial charge in [-0.3, -0.25) is 19.2 Å². The Labute approximate surface area is 237 Å². The van der Waals surface area contributed by atoms with Gasteiger partial charge in [-0.25, -0.2) is 0 Å². The fraction of sp³-hybridized carbons (Fsp3) is 0.519. The number of hydrogen-bond acceptors (Lipinski definition) is 10. The van der Waals surface area contributed by atoms with Crippen molar-refractivity contribution in [1.82, 2.24) is 30.3 Å². The maximum absolute atomic E-state index is 12.7. The second kappa shape index (κ2) is 12.9. The van der Waals surface area contributed by atoms with Crippen molar-refractivity contribution >= 4 is 41.1 Å². The van der Waals surface area contributed by atoms with E-state index >= 15 is 0 Å². The third-order valence-electron chi connectivity index (χ3n) is 7.48. The third kappa shape index (κ3) is 6.88. The van der Waals surface area contributed by atoms with Gasteiger partial charge in [-0.1, -0.05) is 0 Å². The second-order valence-corrected chi connectivity index (χ2v) is 10.4. The number of carbonyl (C=O) groups excluding carboxylic acids is 4. The zero-order valence-corrected chi connectivity index (χ0v) is 22.9. The summed E-state index contributed by atoms with van der Waals surface area (Å²) in [6.07, 6.45) is 4.35. The number of primary amides is 1. The minimum atomic E-state index is -0.793. The maximum atomic E-state index is 12.7. The van der Waals surface area contributed by atoms with Gasteiger partial charge in [0.1, 0.15) is 0 Å². The zero-order valence-electron chi connectivity index (χ0n) is 22.9. The van der Waals surface area contributed by atoms with Crippen molar-refractivity contribution in [2.45, 2.75) is 38.1 Å². The Morgan fingerprint density at radius 2 is 1.61 bits per heavy atom. The topological polar surface area (TPSA) is 176 Å². The van der Waals surface area contributed by atoms with E-state index in [1.165, 1.54) is 0 Å². The molecule has 3 fully saturated rings. The molecule has 41 heavy (non-hydrogen) atoms. The number of nitrogens with two attached hydrogens (primary N) is 1. The summed E-state index contributed by atoms with van der Waals surface area (Å²) in [6, 6.07) is 6.56. The van der Waals surface area contributed by atoms with Gasteiger partial charge < -0.3 is 35.8 Å². The normalized spacial score (nSPS) is 19.4. The van der Waals surface area contributed by atoms with E-state index in [1.807, 2.05) is 4.90 Å². The number of aromatic nitrogens is 3. The first-order valence-corrected chi connectivity index (χ1v) is 14.0. The average molecular weight is 566 g/mol. The first-order valence-electron chi connectivity index (χ1n) is 14.0. The van der Waals surface area contributed by atoms with Crippen LogP contribution in [-0.2, 0) is 14.3 Å². The van der Waals surface area contributed by atoms with Crippen LogP contribution in [-0.4, -0.2) is 107 Å². The highest BCUT2D eigenvalue weighted by Gasteiger charge is 2.29. The Bertz CT molecular complexity index is 1280. The van der Waals surface area contributed by atoms with Gasteiger partial charge in [0, 0.05) is 56.6 Å². The summed E-state index contributed by atoms with van der Waals surface area (Å²) < 4.78 is 5.31. The number of likely N-dealkylation sites (tertiary alicyclic amines) is 1. The van der Waals surface area contributed by atoms with Crippen molar-refractivity contribution in [3.63, 3.8) is 0 Å². The molecular weight excluding hydrogens is 530 g/mol. The molecule has 2 aromatic rings. The van der Waals surface area contributed by atoms with E-state index < -0.39 is 17.7 Å². The van der Waals surface area contributed by atoms with Crippen molar-refractivity contribution in [2.75, 3.05) is 62.7 Å². The predicted octanol–water partition coefficient (Wildman–Crippen LogP) is 0.284. The summed E-state index contributed by atoms with van der Waals surface area (Å²) in [6.45, 7) is 4.35. The molecule has 4 N–H and O–H groups in total. The Balaban J connectivity index is 1.25. The molecule has 14 heteroatoms. The number of benzene rings is 1. The van der Waals surface area contributed by atoms with Crippen LogP contribution in [0, 0.1) is 0 Å². The highest BCUT2D eigenvalue weighted by atomic mass is 16.5. The van der Waals surface area contributed by atoms with E-state index in [0.717, 1.165) is 25.7 Å². The molecule has 0 spiro atoms. The molecule has 0 bridgehead atoms. The van der Waals surface area contributed by atoms with Crippen molar-refractivity contribution in [3.8, 4) is 0 Å². The van der Waals surface area contributed by atoms with Gasteiger partial charge in [0.15, 0.2) is 11.5 Å². The van der Waals surface area contributed by atoms with Crippen LogP contribution in [0.15, 0.2) is 24.3 Å². The highest BCUT2D eigenvalue weighted by Crippen LogP contribution is 2.23. The van der Waals surface area contributed by atoms with Crippen LogP contribution in [0.2, 0.25) is 0 Å². The molecule has 1 unspecified atom stereocenters. The Morgan fingerprint density at radius 1 is 0.878 bits per heavy atom. The number of morpholine rings is 1. The van der Waals surface area contributed by atoms with E-state index in [-0.39, 0.29) is 29.4 Å². The van der Waals surface area contributed by atoms with Gasteiger partial charge in [-0.2, -0.15) is 4.98 Å². The second-order valence-electron chi connectivity index (χ2n) is 10.4. The van der Waals surface area contributed by atoms with Crippen LogP contribution in [0.4, 0.5) is 17.5 Å². The van der Waals surface area contributed by atoms with Crippen molar-refractivity contribution in [3.05, 3.63) is 35.5 Å². The number of carbonyl (C=O) groups is 4. The summed E-state index contributed by atoms with van der Waals surface area (Å²) in [5.74, 6) is -1.57. The summed E-state index contributed by atoms with van der Waals surface area (Å²) in [5.41, 5.74) is 6.52. The Morgan fingerprint density at radius 3 is 2.32 bits per heavy atom. The predicted molar refractivity (Wildman–Crippen MR) is 149 cm³/mol. The molecule has 14 nitrogen and oxygen atoms in total. The molecule has 3 saturated heterocycles. The van der Waals surface area contributed by atoms with E-state index in [2.05, 4.69) is 25.8 Å². The lowest BCUT2D eigenvalue weighted by molar-refractivity contribution is -0.146. The van der Waals surface area contributed by atoms with Gasteiger partial charge in [-0.15, -0.1) is 10.2 Å². The largest absolute Gasteiger partial charge is 0.378 e. The highest BCUT2D eigenvalue weighted by molar-refractivity contribution is 6.35. The van der Waals surface area contributed by atoms with Crippen molar-refractivity contribution in [1.29, 1.82) is 0 Å². The monoisotopic (exact) mass is 565 g/mol. The Kier molecular flexibility index (Phi) is 8.87. The standard InChI is InChI=1S/C27H35N9O5/c28-22(37)21-23(29-19-8-6-18(7-9-19)25(39)35-13-15-41-16-14-35)31-27(33-32-21)36-12-4-5-20(17-36)30-24(38)26(40)34-10-2-1-3-11-34/h6-9,20H,1-5,10-17H2,(H2,28,37)(H,30,38)(H,29,31,33). The molecule has 1 aromatic heterocycles. The molecule has 1 aromatic carbocycles. The molecule has 3 aliphatic heterocycles. The minimum absolute atomic E-state index is 0.0759. The lowest BCUT2D eigenvalue weighted by Crippen LogP contribution is -2.53. The lowest BCUT2D eigenvalue weighted by atomic mass is 10.1. The molecule has 0 aliphatic carbocycles. The zero-order chi connectivity index (χ0) is 28.8. The third-order valence-corrected chi connectivity index (χ3v) is 7.48. The number of rotatable bonds is 6. The summed E-state index contributed by atoms with van der Waals surface area (Å²) >= 11 is 0. The minimum Gasteiger partial charge on any atom is -0.378 e. The molecule has 0 saturated carbocycles.